The maximum Gasteiger partial charge on any atom is 0.433 e. The zero-order valence-corrected chi connectivity index (χ0v) is 13.7. The summed E-state index contributed by atoms with van der Waals surface area (Å²) in [6, 6.07) is 9.54. The van der Waals surface area contributed by atoms with Crippen LogP contribution in [0.5, 0.6) is 0 Å². The topological polar surface area (TPSA) is 42.0 Å². The number of benzene rings is 1. The van der Waals surface area contributed by atoms with Gasteiger partial charge in [-0.1, -0.05) is 38.1 Å². The quantitative estimate of drug-likeness (QED) is 0.878. The molecule has 0 aliphatic rings. The van der Waals surface area contributed by atoms with Gasteiger partial charge >= 0.3 is 6.18 Å². The van der Waals surface area contributed by atoms with Gasteiger partial charge < -0.3 is 5.32 Å². The SMILES string of the molecule is CC(C)c1ccc([C@H](C)NC(=O)c2ccc(C(F)(F)F)nc2)cc1. The summed E-state index contributed by atoms with van der Waals surface area (Å²) in [6.45, 7) is 6.01. The number of amides is 1. The third kappa shape index (κ3) is 4.34. The Bertz CT molecular complexity index is 692. The Hall–Kier alpha value is -2.37. The van der Waals surface area contributed by atoms with E-state index in [4.69, 9.17) is 0 Å². The van der Waals surface area contributed by atoms with Gasteiger partial charge in [-0.3, -0.25) is 9.78 Å². The van der Waals surface area contributed by atoms with Gasteiger partial charge in [0.05, 0.1) is 11.6 Å². The van der Waals surface area contributed by atoms with Crippen molar-refractivity contribution in [3.05, 3.63) is 65.0 Å². The molecule has 1 atom stereocenters. The number of carbonyl (C=O) groups is 1. The van der Waals surface area contributed by atoms with Gasteiger partial charge in [-0.2, -0.15) is 13.2 Å². The Labute approximate surface area is 138 Å². The fourth-order valence-electron chi connectivity index (χ4n) is 2.23. The van der Waals surface area contributed by atoms with Crippen LogP contribution in [-0.4, -0.2) is 10.9 Å². The minimum atomic E-state index is -4.51. The van der Waals surface area contributed by atoms with Crippen molar-refractivity contribution in [3.8, 4) is 0 Å². The molecule has 3 nitrogen and oxygen atoms in total. The highest BCUT2D eigenvalue weighted by atomic mass is 19.4. The Morgan fingerprint density at radius 1 is 1.00 bits per heavy atom. The molecule has 128 valence electrons. The first kappa shape index (κ1) is 18.0. The second-order valence-corrected chi connectivity index (χ2v) is 5.95. The van der Waals surface area contributed by atoms with Crippen LogP contribution in [0.1, 0.15) is 59.9 Å². The van der Waals surface area contributed by atoms with Crippen LogP contribution < -0.4 is 5.32 Å². The minimum Gasteiger partial charge on any atom is -0.345 e. The van der Waals surface area contributed by atoms with Crippen molar-refractivity contribution < 1.29 is 18.0 Å². The summed E-state index contributed by atoms with van der Waals surface area (Å²) in [5.41, 5.74) is 1.20. The van der Waals surface area contributed by atoms with Crippen molar-refractivity contribution in [2.75, 3.05) is 0 Å². The van der Waals surface area contributed by atoms with Crippen LogP contribution in [0.2, 0.25) is 0 Å². The normalized spacial score (nSPS) is 13.0. The Morgan fingerprint density at radius 2 is 1.58 bits per heavy atom. The van der Waals surface area contributed by atoms with Crippen LogP contribution in [0.3, 0.4) is 0 Å². The monoisotopic (exact) mass is 336 g/mol. The van der Waals surface area contributed by atoms with E-state index in [9.17, 15) is 18.0 Å². The fourth-order valence-corrected chi connectivity index (χ4v) is 2.23. The molecule has 0 saturated carbocycles. The highest BCUT2D eigenvalue weighted by Crippen LogP contribution is 2.27. The molecule has 0 saturated heterocycles. The molecule has 2 aromatic rings. The molecule has 1 amide bonds. The number of hydrogen-bond donors (Lipinski definition) is 1. The van der Waals surface area contributed by atoms with Crippen molar-refractivity contribution in [2.24, 2.45) is 0 Å². The molecule has 0 radical (unpaired) electrons. The van der Waals surface area contributed by atoms with Gasteiger partial charge in [0.15, 0.2) is 0 Å². The molecule has 1 aromatic carbocycles. The number of rotatable bonds is 4. The molecular formula is C18H19F3N2O. The molecule has 0 unspecified atom stereocenters. The smallest absolute Gasteiger partial charge is 0.345 e. The van der Waals surface area contributed by atoms with Gasteiger partial charge in [0.25, 0.3) is 5.91 Å². The highest BCUT2D eigenvalue weighted by Gasteiger charge is 2.32. The lowest BCUT2D eigenvalue weighted by atomic mass is 9.99. The lowest BCUT2D eigenvalue weighted by Gasteiger charge is -2.16. The summed E-state index contributed by atoms with van der Waals surface area (Å²) in [4.78, 5) is 15.4. The van der Waals surface area contributed by atoms with E-state index in [-0.39, 0.29) is 11.6 Å². The maximum absolute atomic E-state index is 12.5. The number of alkyl halides is 3. The standard InChI is InChI=1S/C18H19F3N2O/c1-11(2)13-4-6-14(7-5-13)12(3)23-17(24)15-8-9-16(22-10-15)18(19,20)21/h4-12H,1-3H3,(H,23,24)/t12-/m0/s1. The number of aromatic nitrogens is 1. The molecule has 0 spiro atoms. The molecule has 2 rings (SSSR count). The molecule has 1 aromatic heterocycles. The fraction of sp³-hybridized carbons (Fsp3) is 0.333. The molecule has 0 fully saturated rings. The van der Waals surface area contributed by atoms with Crippen molar-refractivity contribution in [2.45, 2.75) is 38.9 Å². The predicted octanol–water partition coefficient (Wildman–Crippen LogP) is 4.71. The van der Waals surface area contributed by atoms with Crippen LogP contribution >= 0.6 is 0 Å². The Balaban J connectivity index is 2.05. The molecule has 24 heavy (non-hydrogen) atoms. The average molecular weight is 336 g/mol. The number of carbonyl (C=O) groups excluding carboxylic acids is 1. The van der Waals surface area contributed by atoms with E-state index in [0.717, 1.165) is 23.9 Å². The van der Waals surface area contributed by atoms with Gasteiger partial charge in [-0.25, -0.2) is 0 Å². The summed E-state index contributed by atoms with van der Waals surface area (Å²) < 4.78 is 37.4. The van der Waals surface area contributed by atoms with Crippen LogP contribution in [0.25, 0.3) is 0 Å². The first-order valence-corrected chi connectivity index (χ1v) is 7.62. The van der Waals surface area contributed by atoms with Crippen molar-refractivity contribution >= 4 is 5.91 Å². The largest absolute Gasteiger partial charge is 0.433 e. The summed E-state index contributed by atoms with van der Waals surface area (Å²) >= 11 is 0. The van der Waals surface area contributed by atoms with Crippen molar-refractivity contribution in [1.82, 2.24) is 10.3 Å². The first-order valence-electron chi connectivity index (χ1n) is 7.62. The van der Waals surface area contributed by atoms with Gasteiger partial charge in [0.2, 0.25) is 0 Å². The number of nitrogens with zero attached hydrogens (tertiary/aromatic N) is 1. The van der Waals surface area contributed by atoms with Crippen LogP contribution in [0.4, 0.5) is 13.2 Å². The molecule has 1 heterocycles. The van der Waals surface area contributed by atoms with E-state index in [2.05, 4.69) is 24.1 Å². The number of pyridine rings is 1. The second kappa shape index (κ2) is 7.03. The van der Waals surface area contributed by atoms with Gasteiger partial charge in [0, 0.05) is 6.20 Å². The van der Waals surface area contributed by atoms with E-state index in [1.54, 1.807) is 0 Å². The highest BCUT2D eigenvalue weighted by molar-refractivity contribution is 5.94. The molecular weight excluding hydrogens is 317 g/mol. The Kier molecular flexibility index (Phi) is 5.26. The van der Waals surface area contributed by atoms with Crippen LogP contribution in [0.15, 0.2) is 42.6 Å². The summed E-state index contributed by atoms with van der Waals surface area (Å²) in [7, 11) is 0. The van der Waals surface area contributed by atoms with Crippen LogP contribution in [0, 0.1) is 0 Å². The van der Waals surface area contributed by atoms with Crippen molar-refractivity contribution in [1.29, 1.82) is 0 Å². The first-order chi connectivity index (χ1) is 11.2. The Morgan fingerprint density at radius 3 is 2.04 bits per heavy atom. The van der Waals surface area contributed by atoms with Gasteiger partial charge in [-0.15, -0.1) is 0 Å². The molecule has 0 bridgehead atoms. The predicted molar refractivity (Wildman–Crippen MR) is 85.7 cm³/mol. The molecule has 0 aliphatic carbocycles. The number of nitrogens with one attached hydrogen (secondary N) is 1. The number of hydrogen-bond acceptors (Lipinski definition) is 2. The summed E-state index contributed by atoms with van der Waals surface area (Å²) in [5.74, 6) is -0.0428. The zero-order valence-electron chi connectivity index (χ0n) is 13.7. The molecule has 0 aliphatic heterocycles. The molecule has 1 N–H and O–H groups in total. The number of halogens is 3. The van der Waals surface area contributed by atoms with E-state index >= 15 is 0 Å². The van der Waals surface area contributed by atoms with E-state index < -0.39 is 17.8 Å². The lowest BCUT2D eigenvalue weighted by molar-refractivity contribution is -0.141. The van der Waals surface area contributed by atoms with E-state index in [1.165, 1.54) is 5.56 Å². The average Bonchev–Trinajstić information content (AvgIpc) is 2.54. The van der Waals surface area contributed by atoms with Crippen molar-refractivity contribution in [3.63, 3.8) is 0 Å². The summed E-state index contributed by atoms with van der Waals surface area (Å²) in [5, 5.41) is 2.76. The van der Waals surface area contributed by atoms with Crippen LogP contribution in [-0.2, 0) is 6.18 Å². The third-order valence-corrected chi connectivity index (χ3v) is 3.77. The van der Waals surface area contributed by atoms with E-state index in [1.807, 2.05) is 31.2 Å². The lowest BCUT2D eigenvalue weighted by Crippen LogP contribution is -2.27. The second-order valence-electron chi connectivity index (χ2n) is 5.95. The zero-order chi connectivity index (χ0) is 17.9. The van der Waals surface area contributed by atoms with Gasteiger partial charge in [0.1, 0.15) is 5.69 Å². The third-order valence-electron chi connectivity index (χ3n) is 3.77. The van der Waals surface area contributed by atoms with E-state index in [0.29, 0.717) is 5.92 Å². The summed E-state index contributed by atoms with van der Waals surface area (Å²) in [6.07, 6.45) is -3.58. The molecule has 6 heteroatoms. The minimum absolute atomic E-state index is 0.0913. The van der Waals surface area contributed by atoms with Gasteiger partial charge in [-0.05, 0) is 36.1 Å². The maximum atomic E-state index is 12.5.